The molecular formula is C22H25NO6. The minimum absolute atomic E-state index is 0.00662. The van der Waals surface area contributed by atoms with Crippen LogP contribution in [0.1, 0.15) is 17.5 Å². The van der Waals surface area contributed by atoms with Crippen molar-refractivity contribution in [2.45, 2.75) is 6.42 Å². The highest BCUT2D eigenvalue weighted by Crippen LogP contribution is 2.27. The van der Waals surface area contributed by atoms with E-state index >= 15 is 0 Å². The van der Waals surface area contributed by atoms with E-state index in [0.29, 0.717) is 22.6 Å². The Morgan fingerprint density at radius 2 is 1.21 bits per heavy atom. The Morgan fingerprint density at radius 1 is 0.828 bits per heavy atom. The zero-order chi connectivity index (χ0) is 21.8. The second-order valence-corrected chi connectivity index (χ2v) is 5.64. The van der Waals surface area contributed by atoms with E-state index in [9.17, 15) is 19.8 Å². The molecule has 2 rings (SSSR count). The SMILES string of the molecule is CN.COc1cc(/C=C/C(=O)CC(=O)/C=C/c2ccc(O)c(OC)c2)ccc1O. The van der Waals surface area contributed by atoms with Crippen LogP contribution in [0.4, 0.5) is 0 Å². The molecule has 0 heterocycles. The van der Waals surface area contributed by atoms with Crippen molar-refractivity contribution in [3.05, 3.63) is 59.7 Å². The van der Waals surface area contributed by atoms with Crippen LogP contribution >= 0.6 is 0 Å². The number of ether oxygens (including phenoxy) is 2. The zero-order valence-corrected chi connectivity index (χ0v) is 16.6. The molecule has 0 saturated heterocycles. The fourth-order valence-electron chi connectivity index (χ4n) is 2.26. The summed E-state index contributed by atoms with van der Waals surface area (Å²) >= 11 is 0. The number of methoxy groups -OCH3 is 2. The second kappa shape index (κ2) is 12.0. The van der Waals surface area contributed by atoms with E-state index in [1.54, 1.807) is 36.4 Å². The second-order valence-electron chi connectivity index (χ2n) is 5.64. The lowest BCUT2D eigenvalue weighted by molar-refractivity contribution is -0.121. The minimum Gasteiger partial charge on any atom is -0.504 e. The molecule has 29 heavy (non-hydrogen) atoms. The highest BCUT2D eigenvalue weighted by Gasteiger charge is 2.06. The average molecular weight is 399 g/mol. The molecular weight excluding hydrogens is 374 g/mol. The van der Waals surface area contributed by atoms with Gasteiger partial charge in [0.05, 0.1) is 20.6 Å². The van der Waals surface area contributed by atoms with Gasteiger partial charge in [-0.05, 0) is 54.6 Å². The van der Waals surface area contributed by atoms with Gasteiger partial charge in [0, 0.05) is 0 Å². The maximum absolute atomic E-state index is 11.9. The molecule has 154 valence electrons. The van der Waals surface area contributed by atoms with E-state index in [1.165, 1.54) is 45.6 Å². The third-order valence-electron chi connectivity index (χ3n) is 3.68. The summed E-state index contributed by atoms with van der Waals surface area (Å²) in [5.41, 5.74) is 5.83. The molecule has 0 aliphatic rings. The number of nitrogens with two attached hydrogens (primary N) is 1. The lowest BCUT2D eigenvalue weighted by atomic mass is 10.1. The van der Waals surface area contributed by atoms with E-state index in [0.717, 1.165) is 0 Å². The molecule has 0 bridgehead atoms. The van der Waals surface area contributed by atoms with Crippen molar-refractivity contribution < 1.29 is 29.3 Å². The largest absolute Gasteiger partial charge is 0.504 e. The number of phenols is 2. The quantitative estimate of drug-likeness (QED) is 0.461. The van der Waals surface area contributed by atoms with E-state index < -0.39 is 0 Å². The van der Waals surface area contributed by atoms with Crippen molar-refractivity contribution in [1.29, 1.82) is 0 Å². The maximum atomic E-state index is 11.9. The number of phenolic OH excluding ortho intramolecular Hbond substituents is 2. The van der Waals surface area contributed by atoms with Gasteiger partial charge in [0.25, 0.3) is 0 Å². The van der Waals surface area contributed by atoms with Crippen LogP contribution in [-0.2, 0) is 9.59 Å². The standard InChI is InChI=1S/C21H20O6.CH5N/c1-26-20-11-14(5-9-18(20)24)3-7-16(22)13-17(23)8-4-15-6-10-19(25)21(12-15)27-2;1-2/h3-12,24-25H,13H2,1-2H3;2H2,1H3/b7-3+,8-4+;. The van der Waals surface area contributed by atoms with Crippen molar-refractivity contribution in [3.63, 3.8) is 0 Å². The van der Waals surface area contributed by atoms with Gasteiger partial charge in [-0.25, -0.2) is 0 Å². The fourth-order valence-corrected chi connectivity index (χ4v) is 2.26. The average Bonchev–Trinajstić information content (AvgIpc) is 2.74. The summed E-state index contributed by atoms with van der Waals surface area (Å²) in [5.74, 6) is -0.0832. The lowest BCUT2D eigenvalue weighted by Crippen LogP contribution is -2.01. The number of carbonyl (C=O) groups is 2. The number of hydrogen-bond donors (Lipinski definition) is 3. The van der Waals surface area contributed by atoms with E-state index in [4.69, 9.17) is 9.47 Å². The number of benzene rings is 2. The van der Waals surface area contributed by atoms with Gasteiger partial charge in [-0.2, -0.15) is 0 Å². The highest BCUT2D eigenvalue weighted by molar-refractivity contribution is 6.10. The third-order valence-corrected chi connectivity index (χ3v) is 3.68. The Labute approximate surface area is 169 Å². The summed E-state index contributed by atoms with van der Waals surface area (Å²) in [5, 5.41) is 19.1. The normalized spacial score (nSPS) is 10.5. The van der Waals surface area contributed by atoms with Crippen molar-refractivity contribution in [2.75, 3.05) is 21.3 Å². The third kappa shape index (κ3) is 7.51. The van der Waals surface area contributed by atoms with Gasteiger partial charge in [-0.1, -0.05) is 24.3 Å². The van der Waals surface area contributed by atoms with Crippen LogP contribution in [0.25, 0.3) is 12.2 Å². The molecule has 0 amide bonds. The fraction of sp³-hybridized carbons (Fsp3) is 0.182. The van der Waals surface area contributed by atoms with Crippen LogP contribution in [-0.4, -0.2) is 43.0 Å². The zero-order valence-electron chi connectivity index (χ0n) is 16.6. The first-order valence-electron chi connectivity index (χ1n) is 8.66. The molecule has 0 unspecified atom stereocenters. The van der Waals surface area contributed by atoms with Crippen LogP contribution in [0.5, 0.6) is 23.0 Å². The topological polar surface area (TPSA) is 119 Å². The molecule has 0 saturated carbocycles. The summed E-state index contributed by atoms with van der Waals surface area (Å²) in [6, 6.07) is 9.34. The molecule has 0 spiro atoms. The van der Waals surface area contributed by atoms with Gasteiger partial charge in [-0.3, -0.25) is 9.59 Å². The van der Waals surface area contributed by atoms with Gasteiger partial charge in [0.2, 0.25) is 0 Å². The summed E-state index contributed by atoms with van der Waals surface area (Å²) in [6.07, 6.45) is 5.44. The van der Waals surface area contributed by atoms with Crippen molar-refractivity contribution in [3.8, 4) is 23.0 Å². The Hall–Kier alpha value is -3.58. The Balaban J connectivity index is 0.00000204. The molecule has 0 aliphatic heterocycles. The van der Waals surface area contributed by atoms with Crippen LogP contribution < -0.4 is 15.2 Å². The summed E-state index contributed by atoms with van der Waals surface area (Å²) in [4.78, 5) is 23.9. The first kappa shape index (κ1) is 23.5. The van der Waals surface area contributed by atoms with Gasteiger partial charge in [0.15, 0.2) is 34.6 Å². The highest BCUT2D eigenvalue weighted by atomic mass is 16.5. The minimum atomic E-state index is -0.347. The van der Waals surface area contributed by atoms with Crippen LogP contribution in [0.2, 0.25) is 0 Å². The summed E-state index contributed by atoms with van der Waals surface area (Å²) in [6.45, 7) is 0. The first-order chi connectivity index (χ1) is 13.9. The number of aromatic hydroxyl groups is 2. The number of rotatable bonds is 8. The predicted octanol–water partition coefficient (Wildman–Crippen LogP) is 2.94. The smallest absolute Gasteiger partial charge is 0.163 e. The van der Waals surface area contributed by atoms with E-state index in [-0.39, 0.29) is 29.5 Å². The number of allylic oxidation sites excluding steroid dienone is 2. The molecule has 2 aromatic carbocycles. The molecule has 7 heteroatoms. The molecule has 0 aliphatic carbocycles. The Morgan fingerprint density at radius 3 is 1.55 bits per heavy atom. The molecule has 0 radical (unpaired) electrons. The summed E-state index contributed by atoms with van der Waals surface area (Å²) < 4.78 is 10.00. The monoisotopic (exact) mass is 399 g/mol. The molecule has 7 nitrogen and oxygen atoms in total. The lowest BCUT2D eigenvalue weighted by Gasteiger charge is -2.03. The van der Waals surface area contributed by atoms with Gasteiger partial charge in [-0.15, -0.1) is 0 Å². The number of ketones is 2. The molecule has 0 aromatic heterocycles. The van der Waals surface area contributed by atoms with Gasteiger partial charge >= 0.3 is 0 Å². The van der Waals surface area contributed by atoms with Crippen LogP contribution in [0, 0.1) is 0 Å². The van der Waals surface area contributed by atoms with Gasteiger partial charge < -0.3 is 25.4 Å². The van der Waals surface area contributed by atoms with Crippen molar-refractivity contribution >= 4 is 23.7 Å². The molecule has 0 fully saturated rings. The Bertz CT molecular complexity index is 829. The van der Waals surface area contributed by atoms with Crippen LogP contribution in [0.3, 0.4) is 0 Å². The molecule has 2 aromatic rings. The van der Waals surface area contributed by atoms with E-state index in [2.05, 4.69) is 5.73 Å². The van der Waals surface area contributed by atoms with Crippen molar-refractivity contribution in [1.82, 2.24) is 0 Å². The maximum Gasteiger partial charge on any atom is 0.163 e. The predicted molar refractivity (Wildman–Crippen MR) is 112 cm³/mol. The van der Waals surface area contributed by atoms with Crippen LogP contribution in [0.15, 0.2) is 48.6 Å². The summed E-state index contributed by atoms with van der Waals surface area (Å²) in [7, 11) is 4.37. The Kier molecular flexibility index (Phi) is 9.70. The number of carbonyl (C=O) groups excluding carboxylic acids is 2. The molecule has 0 atom stereocenters. The van der Waals surface area contributed by atoms with Gasteiger partial charge in [0.1, 0.15) is 0 Å². The first-order valence-corrected chi connectivity index (χ1v) is 8.66. The van der Waals surface area contributed by atoms with Crippen molar-refractivity contribution in [2.24, 2.45) is 5.73 Å². The number of hydrogen-bond acceptors (Lipinski definition) is 7. The van der Waals surface area contributed by atoms with E-state index in [1.807, 2.05) is 0 Å². The molecule has 4 N–H and O–H groups in total.